The van der Waals surface area contributed by atoms with E-state index < -0.39 is 48.7 Å². The highest BCUT2D eigenvalue weighted by atomic mass is 16.4. The molecule has 0 saturated carbocycles. The van der Waals surface area contributed by atoms with E-state index in [0.29, 0.717) is 89.4 Å². The summed E-state index contributed by atoms with van der Waals surface area (Å²) in [7, 11) is 0. The van der Waals surface area contributed by atoms with Gasteiger partial charge in [0, 0.05) is 94.3 Å². The molecule has 0 amide bonds. The molecule has 5 heterocycles. The van der Waals surface area contributed by atoms with Crippen molar-refractivity contribution in [2.45, 2.75) is 78.1 Å². The Kier molecular flexibility index (Phi) is 11.4. The second-order valence-corrected chi connectivity index (χ2v) is 13.2. The minimum atomic E-state index is -1.17. The van der Waals surface area contributed by atoms with Crippen LogP contribution in [0, 0.1) is 0 Å². The lowest BCUT2D eigenvalue weighted by Gasteiger charge is -2.02. The van der Waals surface area contributed by atoms with Crippen LogP contribution in [0.4, 0.5) is 0 Å². The second-order valence-electron chi connectivity index (χ2n) is 13.2. The van der Waals surface area contributed by atoms with Crippen LogP contribution in [-0.2, 0) is 54.5 Å². The molecule has 3 aromatic rings. The summed E-state index contributed by atoms with van der Waals surface area (Å²) in [4.78, 5) is 84.4. The van der Waals surface area contributed by atoms with Gasteiger partial charge in [0.25, 0.3) is 0 Å². The first-order valence-corrected chi connectivity index (χ1v) is 17.1. The van der Waals surface area contributed by atoms with Crippen molar-refractivity contribution >= 4 is 80.2 Å². The normalized spacial score (nSPS) is 12.6. The first-order chi connectivity index (χ1) is 25.5. The van der Waals surface area contributed by atoms with Gasteiger partial charge in [0.05, 0.1) is 12.8 Å². The summed E-state index contributed by atoms with van der Waals surface area (Å²) in [6.07, 6.45) is -1.92. The first kappa shape index (κ1) is 38.6. The average molecular weight is 745 g/mol. The van der Waals surface area contributed by atoms with Crippen molar-refractivity contribution in [3.05, 3.63) is 69.3 Å². The van der Waals surface area contributed by atoms with Gasteiger partial charge in [-0.2, -0.15) is 0 Å². The molecule has 0 aliphatic carbocycles. The molecule has 16 nitrogen and oxygen atoms in total. The maximum Gasteiger partial charge on any atom is 0.307 e. The average Bonchev–Trinajstić information content (AvgIpc) is 3.74. The number of carbonyl (C=O) groups is 6. The number of fused-ring (bicyclic) bond motifs is 8. The van der Waals surface area contributed by atoms with E-state index in [2.05, 4.69) is 19.9 Å². The maximum atomic E-state index is 12.2. The largest absolute Gasteiger partial charge is 0.481 e. The third-order valence-corrected chi connectivity index (χ3v) is 9.64. The van der Waals surface area contributed by atoms with Crippen molar-refractivity contribution in [3.63, 3.8) is 0 Å². The van der Waals surface area contributed by atoms with E-state index in [1.54, 1.807) is 38.1 Å². The van der Waals surface area contributed by atoms with E-state index in [0.717, 1.165) is 0 Å². The Balaban J connectivity index is 2.00. The van der Waals surface area contributed by atoms with Crippen molar-refractivity contribution in [2.24, 2.45) is 0 Å². The Morgan fingerprint density at radius 3 is 1.06 bits per heavy atom. The quantitative estimate of drug-likeness (QED) is 0.103. The molecule has 0 fully saturated rings. The van der Waals surface area contributed by atoms with Crippen LogP contribution in [0.15, 0.2) is 24.3 Å². The lowest BCUT2D eigenvalue weighted by molar-refractivity contribution is -0.381. The van der Waals surface area contributed by atoms with Crippen LogP contribution >= 0.6 is 0 Å². The summed E-state index contributed by atoms with van der Waals surface area (Å²) in [5.41, 5.74) is 7.36. The molecule has 0 aromatic carbocycles. The number of carboxylic acids is 6. The van der Waals surface area contributed by atoms with Gasteiger partial charge in [-0.05, 0) is 61.8 Å². The Morgan fingerprint density at radius 2 is 0.741 bits per heavy atom. The molecule has 2 aliphatic rings. The predicted molar refractivity (Wildman–Crippen MR) is 192 cm³/mol. The van der Waals surface area contributed by atoms with Crippen molar-refractivity contribution in [1.29, 1.82) is 0 Å². The molecule has 10 N–H and O–H groups in total. The zero-order valence-corrected chi connectivity index (χ0v) is 29.5. The highest BCUT2D eigenvalue weighted by Crippen LogP contribution is 2.35. The number of allylic oxidation sites excluding steroid dienone is 4. The molecule has 54 heavy (non-hydrogen) atoms. The van der Waals surface area contributed by atoms with Gasteiger partial charge in [0.1, 0.15) is 0 Å². The Bertz CT molecular complexity index is 2180. The van der Waals surface area contributed by atoms with Gasteiger partial charge in [0.2, 0.25) is 22.8 Å². The number of rotatable bonds is 16. The van der Waals surface area contributed by atoms with E-state index in [9.17, 15) is 59.4 Å². The number of aryl methyl sites for hydroxylation is 2. The molecule has 0 atom stereocenters. The molecule has 8 bridgehead atoms. The number of H-pyrrole nitrogens is 4. The summed E-state index contributed by atoms with van der Waals surface area (Å²) in [5.74, 6) is -6.64. The summed E-state index contributed by atoms with van der Waals surface area (Å²) >= 11 is 0. The van der Waals surface area contributed by atoms with E-state index in [1.807, 2.05) is 0 Å². The summed E-state index contributed by atoms with van der Waals surface area (Å²) < 4.78 is 0. The van der Waals surface area contributed by atoms with Gasteiger partial charge in [-0.3, -0.25) is 28.8 Å². The number of carboxylic acid groups (broad SMARTS) is 6. The molecule has 16 heteroatoms. The molecule has 0 radical (unpaired) electrons. The lowest BCUT2D eigenvalue weighted by atomic mass is 9.98. The van der Waals surface area contributed by atoms with Gasteiger partial charge in [0.15, 0.2) is 0 Å². The van der Waals surface area contributed by atoms with Crippen molar-refractivity contribution < 1.29 is 69.4 Å². The fourth-order valence-electron chi connectivity index (χ4n) is 7.05. The number of aromatic nitrogens is 4. The number of nitrogens with one attached hydrogen (secondary N) is 4. The molecule has 0 unspecified atom stereocenters. The third kappa shape index (κ3) is 8.71. The number of hydrogen-bond acceptors (Lipinski definition) is 6. The van der Waals surface area contributed by atoms with Gasteiger partial charge >= 0.3 is 35.8 Å². The zero-order valence-electron chi connectivity index (χ0n) is 29.5. The highest BCUT2D eigenvalue weighted by molar-refractivity contribution is 5.94. The van der Waals surface area contributed by atoms with E-state index in [1.165, 1.54) is 0 Å². The Morgan fingerprint density at radius 1 is 0.444 bits per heavy atom. The van der Waals surface area contributed by atoms with Gasteiger partial charge in [-0.25, -0.2) is 9.97 Å². The molecule has 5 rings (SSSR count). The van der Waals surface area contributed by atoms with Crippen LogP contribution in [0.25, 0.3) is 44.4 Å². The van der Waals surface area contributed by atoms with Crippen LogP contribution in [0.3, 0.4) is 0 Å². The van der Waals surface area contributed by atoms with Crippen molar-refractivity contribution in [2.75, 3.05) is 0 Å². The summed E-state index contributed by atoms with van der Waals surface area (Å²) in [6.45, 7) is 3.52. The lowest BCUT2D eigenvalue weighted by Crippen LogP contribution is -2.08. The fourth-order valence-corrected chi connectivity index (χ4v) is 7.05. The molecular weight excluding hydrogens is 704 g/mol. The van der Waals surface area contributed by atoms with Crippen LogP contribution < -0.4 is 9.97 Å². The fraction of sp³-hybridized carbons (Fsp3) is 0.316. The van der Waals surface area contributed by atoms with E-state index in [4.69, 9.17) is 0 Å². The Labute approximate surface area is 306 Å². The topological polar surface area (TPSA) is 284 Å². The smallest absolute Gasteiger partial charge is 0.307 e. The van der Waals surface area contributed by atoms with Gasteiger partial charge in [-0.1, -0.05) is 0 Å². The van der Waals surface area contributed by atoms with Crippen LogP contribution in [0.5, 0.6) is 0 Å². The van der Waals surface area contributed by atoms with E-state index >= 15 is 0 Å². The summed E-state index contributed by atoms with van der Waals surface area (Å²) in [5, 5.41) is 58.2. The molecule has 0 spiro atoms. The minimum absolute atomic E-state index is 0.0317. The highest BCUT2D eigenvalue weighted by Gasteiger charge is 2.29. The monoisotopic (exact) mass is 744 g/mol. The maximum absolute atomic E-state index is 12.2. The van der Waals surface area contributed by atoms with Gasteiger partial charge < -0.3 is 40.6 Å². The molecule has 3 aromatic heterocycles. The zero-order chi connectivity index (χ0) is 39.4. The first-order valence-electron chi connectivity index (χ1n) is 17.1. The summed E-state index contributed by atoms with van der Waals surface area (Å²) in [6, 6.07) is 6.66. The Hall–Kier alpha value is -6.58. The number of aromatic amines is 4. The van der Waals surface area contributed by atoms with E-state index in [-0.39, 0.29) is 51.4 Å². The molecular formula is C38H40N4O12+2. The van der Waals surface area contributed by atoms with Gasteiger partial charge in [-0.15, -0.1) is 0 Å². The molecule has 282 valence electrons. The second kappa shape index (κ2) is 16.0. The van der Waals surface area contributed by atoms with Crippen LogP contribution in [-0.4, -0.2) is 76.4 Å². The standard InChI is InChI=1S/C38H38N4O12/c1-17-19(3-7-33(43)44)27-15-31-24(12-38(53)54)22(6-10-36(49)50)30(42-31)14-26-18(2)20(4-8-34(45)46)28(40-26)16-32-23(11-37(51)52)21(5-9-35(47)48)29(41-32)13-25(17)39-27/h13-16,41-42H,3-12H2,1-2H3,(H,43,44)(H,45,46)(H,47,48)(H,49,50)(H,51,52)(H,53,54)/p+2. The number of aliphatic carboxylic acids is 6. The van der Waals surface area contributed by atoms with Crippen LogP contribution in [0.2, 0.25) is 0 Å². The molecule has 0 saturated heterocycles. The van der Waals surface area contributed by atoms with Crippen LogP contribution in [0.1, 0.15) is 97.4 Å². The third-order valence-electron chi connectivity index (χ3n) is 9.64. The predicted octanol–water partition coefficient (Wildman–Crippen LogP) is 4.03. The SMILES string of the molecule is CC1=C(CCC(=O)O)c2cc3[nH]c(cc4[nH+]c(cc5[nH]c(cc1[nH+]2)c(CCC(=O)O)c5CC(=O)O)C(CCC(=O)O)=C4C)c(CCC(=O)O)c3CC(=O)O. The molecule has 2 aliphatic heterocycles. The van der Waals surface area contributed by atoms with Crippen molar-refractivity contribution in [1.82, 2.24) is 9.97 Å². The van der Waals surface area contributed by atoms with Crippen molar-refractivity contribution in [3.8, 4) is 0 Å². The number of hydrogen-bond donors (Lipinski definition) is 8. The minimum Gasteiger partial charge on any atom is -0.481 e.